The Balaban J connectivity index is 3.52. The second-order valence-electron chi connectivity index (χ2n) is 3.58. The maximum atomic E-state index is 11.7. The van der Waals surface area contributed by atoms with Crippen LogP contribution in [0.3, 0.4) is 0 Å². The highest BCUT2D eigenvalue weighted by Gasteiger charge is 2.26. The number of nitrogens with one attached hydrogen (secondary N) is 1. The van der Waals surface area contributed by atoms with Crippen molar-refractivity contribution >= 4 is 0 Å². The smallest absolute Gasteiger partial charge is 0.379 e. The fraction of sp³-hybridized carbons (Fsp3) is 1.00. The highest BCUT2D eigenvalue weighted by Crippen LogP contribution is 2.19. The van der Waals surface area contributed by atoms with Gasteiger partial charge in [0.2, 0.25) is 0 Å². The average molecular weight is 213 g/mol. The van der Waals surface area contributed by atoms with Crippen molar-refractivity contribution in [2.24, 2.45) is 5.92 Å². The predicted molar refractivity (Wildman–Crippen MR) is 49.2 cm³/mol. The van der Waals surface area contributed by atoms with Gasteiger partial charge in [-0.1, -0.05) is 13.8 Å². The molecule has 0 aromatic rings. The summed E-state index contributed by atoms with van der Waals surface area (Å²) in [4.78, 5) is 0. The molecule has 0 aliphatic rings. The molecule has 0 fully saturated rings. The van der Waals surface area contributed by atoms with Crippen LogP contribution in [0.4, 0.5) is 13.2 Å². The van der Waals surface area contributed by atoms with Gasteiger partial charge < -0.3 is 10.1 Å². The predicted octanol–water partition coefficient (Wildman–Crippen LogP) is 2.20. The van der Waals surface area contributed by atoms with Gasteiger partial charge in [0, 0.05) is 6.04 Å². The van der Waals surface area contributed by atoms with Crippen molar-refractivity contribution in [3.8, 4) is 0 Å². The number of alkyl halides is 3. The lowest BCUT2D eigenvalue weighted by Gasteiger charge is -2.20. The summed E-state index contributed by atoms with van der Waals surface area (Å²) in [6, 6.07) is 0.114. The third kappa shape index (κ3) is 7.15. The Morgan fingerprint density at radius 3 is 2.21 bits per heavy atom. The number of ether oxygens (including phenoxy) is 1. The molecular formula is C9H18F3NO. The van der Waals surface area contributed by atoms with Gasteiger partial charge in [0.1, 0.15) is 0 Å². The summed E-state index contributed by atoms with van der Waals surface area (Å²) < 4.78 is 40.1. The molecular weight excluding hydrogens is 195 g/mol. The number of hydrogen-bond donors (Lipinski definition) is 1. The molecule has 0 aromatic carbocycles. The van der Waals surface area contributed by atoms with Crippen molar-refractivity contribution < 1.29 is 17.9 Å². The number of hydrogen-bond acceptors (Lipinski definition) is 2. The van der Waals surface area contributed by atoms with Crippen molar-refractivity contribution in [2.75, 3.05) is 20.3 Å². The fourth-order valence-corrected chi connectivity index (χ4v) is 1.01. The molecule has 1 unspecified atom stereocenters. The minimum Gasteiger partial charge on any atom is -0.379 e. The van der Waals surface area contributed by atoms with Gasteiger partial charge in [-0.3, -0.25) is 0 Å². The molecule has 86 valence electrons. The van der Waals surface area contributed by atoms with E-state index in [2.05, 4.69) is 5.32 Å². The zero-order valence-electron chi connectivity index (χ0n) is 8.82. The van der Waals surface area contributed by atoms with E-state index >= 15 is 0 Å². The van der Waals surface area contributed by atoms with Crippen LogP contribution in [0.5, 0.6) is 0 Å². The summed E-state index contributed by atoms with van der Waals surface area (Å²) in [7, 11) is 1.78. The van der Waals surface area contributed by atoms with Gasteiger partial charge >= 0.3 is 6.18 Å². The zero-order valence-corrected chi connectivity index (χ0v) is 8.82. The standard InChI is InChI=1S/C9H18F3NO/c1-7(2)8(13-3)6-14-5-4-9(10,11)12/h7-8,13H,4-6H2,1-3H3. The maximum absolute atomic E-state index is 11.7. The van der Waals surface area contributed by atoms with Crippen LogP contribution in [-0.4, -0.2) is 32.5 Å². The monoisotopic (exact) mass is 213 g/mol. The van der Waals surface area contributed by atoms with Crippen LogP contribution in [0.1, 0.15) is 20.3 Å². The van der Waals surface area contributed by atoms with Gasteiger partial charge in [0.05, 0.1) is 19.6 Å². The Hall–Kier alpha value is -0.290. The Kier molecular flexibility index (Phi) is 6.11. The van der Waals surface area contributed by atoms with E-state index in [9.17, 15) is 13.2 Å². The molecule has 0 rings (SSSR count). The molecule has 0 aliphatic carbocycles. The van der Waals surface area contributed by atoms with Gasteiger partial charge in [0.15, 0.2) is 0 Å². The van der Waals surface area contributed by atoms with Crippen LogP contribution in [0, 0.1) is 5.92 Å². The molecule has 0 amide bonds. The summed E-state index contributed by atoms with van der Waals surface area (Å²) >= 11 is 0. The van der Waals surface area contributed by atoms with Crippen LogP contribution in [0.15, 0.2) is 0 Å². The molecule has 1 N–H and O–H groups in total. The van der Waals surface area contributed by atoms with Crippen LogP contribution >= 0.6 is 0 Å². The molecule has 0 saturated carbocycles. The van der Waals surface area contributed by atoms with Crippen LogP contribution in [0.25, 0.3) is 0 Å². The van der Waals surface area contributed by atoms with E-state index in [0.29, 0.717) is 12.5 Å². The van der Waals surface area contributed by atoms with Crippen molar-refractivity contribution in [1.29, 1.82) is 0 Å². The summed E-state index contributed by atoms with van der Waals surface area (Å²) in [5, 5.41) is 2.99. The Bertz CT molecular complexity index is 147. The van der Waals surface area contributed by atoms with E-state index < -0.39 is 12.6 Å². The molecule has 0 saturated heterocycles. The van der Waals surface area contributed by atoms with Gasteiger partial charge in [-0.05, 0) is 13.0 Å². The SMILES string of the molecule is CNC(COCCC(F)(F)F)C(C)C. The van der Waals surface area contributed by atoms with E-state index in [4.69, 9.17) is 4.74 Å². The van der Waals surface area contributed by atoms with Gasteiger partial charge in [-0.2, -0.15) is 13.2 Å². The first-order chi connectivity index (χ1) is 6.37. The van der Waals surface area contributed by atoms with Crippen LogP contribution in [0.2, 0.25) is 0 Å². The lowest BCUT2D eigenvalue weighted by molar-refractivity contribution is -0.145. The van der Waals surface area contributed by atoms with Crippen molar-refractivity contribution in [3.05, 3.63) is 0 Å². The molecule has 0 aliphatic heterocycles. The Labute approximate surface area is 82.8 Å². The summed E-state index contributed by atoms with van der Waals surface area (Å²) in [5.41, 5.74) is 0. The number of rotatable bonds is 6. The molecule has 14 heavy (non-hydrogen) atoms. The Morgan fingerprint density at radius 2 is 1.86 bits per heavy atom. The van der Waals surface area contributed by atoms with E-state index in [1.807, 2.05) is 13.8 Å². The second kappa shape index (κ2) is 6.24. The average Bonchev–Trinajstić information content (AvgIpc) is 2.01. The molecule has 2 nitrogen and oxygen atoms in total. The number of halogens is 3. The van der Waals surface area contributed by atoms with Crippen molar-refractivity contribution in [1.82, 2.24) is 5.32 Å². The minimum absolute atomic E-state index is 0.114. The summed E-state index contributed by atoms with van der Waals surface area (Å²) in [6.45, 7) is 4.06. The van der Waals surface area contributed by atoms with Crippen molar-refractivity contribution in [3.63, 3.8) is 0 Å². The highest BCUT2D eigenvalue weighted by molar-refractivity contribution is 4.67. The molecule has 0 radical (unpaired) electrons. The first-order valence-electron chi connectivity index (χ1n) is 4.68. The molecule has 1 atom stereocenters. The zero-order chi connectivity index (χ0) is 11.2. The largest absolute Gasteiger partial charge is 0.391 e. The molecule has 0 bridgehead atoms. The maximum Gasteiger partial charge on any atom is 0.391 e. The summed E-state index contributed by atoms with van der Waals surface area (Å²) in [5.74, 6) is 0.353. The van der Waals surface area contributed by atoms with Crippen LogP contribution < -0.4 is 5.32 Å². The minimum atomic E-state index is -4.12. The molecule has 0 aromatic heterocycles. The Morgan fingerprint density at radius 1 is 1.29 bits per heavy atom. The highest BCUT2D eigenvalue weighted by atomic mass is 19.4. The van der Waals surface area contributed by atoms with E-state index in [0.717, 1.165) is 0 Å². The van der Waals surface area contributed by atoms with E-state index in [1.54, 1.807) is 7.05 Å². The van der Waals surface area contributed by atoms with Crippen molar-refractivity contribution in [2.45, 2.75) is 32.5 Å². The van der Waals surface area contributed by atoms with Gasteiger partial charge in [-0.15, -0.1) is 0 Å². The molecule has 0 heterocycles. The van der Waals surface area contributed by atoms with E-state index in [1.165, 1.54) is 0 Å². The molecule has 5 heteroatoms. The quantitative estimate of drug-likeness (QED) is 0.683. The lowest BCUT2D eigenvalue weighted by Crippen LogP contribution is -2.35. The summed E-state index contributed by atoms with van der Waals surface area (Å²) in [6.07, 6.45) is -4.99. The third-order valence-electron chi connectivity index (χ3n) is 2.00. The first-order valence-corrected chi connectivity index (χ1v) is 4.68. The third-order valence-corrected chi connectivity index (χ3v) is 2.00. The van der Waals surface area contributed by atoms with Gasteiger partial charge in [-0.25, -0.2) is 0 Å². The second-order valence-corrected chi connectivity index (χ2v) is 3.58. The van der Waals surface area contributed by atoms with Crippen LogP contribution in [-0.2, 0) is 4.74 Å². The normalized spacial score (nSPS) is 14.8. The lowest BCUT2D eigenvalue weighted by atomic mass is 10.1. The number of likely N-dealkylation sites (N-methyl/N-ethyl adjacent to an activating group) is 1. The first kappa shape index (κ1) is 13.7. The topological polar surface area (TPSA) is 21.3 Å². The fourth-order valence-electron chi connectivity index (χ4n) is 1.01. The van der Waals surface area contributed by atoms with E-state index in [-0.39, 0.29) is 12.6 Å². The molecule has 0 spiro atoms. The van der Waals surface area contributed by atoms with Gasteiger partial charge in [0.25, 0.3) is 0 Å².